The first kappa shape index (κ1) is 14.1. The fourth-order valence-electron chi connectivity index (χ4n) is 4.46. The molecule has 1 aromatic rings. The van der Waals surface area contributed by atoms with E-state index in [9.17, 15) is 9.90 Å². The van der Waals surface area contributed by atoms with Crippen molar-refractivity contribution in [2.24, 2.45) is 0 Å². The summed E-state index contributed by atoms with van der Waals surface area (Å²) in [5.74, 6) is 0.410. The first-order valence-electron chi connectivity index (χ1n) is 8.59. The first-order chi connectivity index (χ1) is 10.7. The SMILES string of the molecule is O=C1c2ccc(O)cc2CCN1C1CCN(C2CCCC2)C1. The van der Waals surface area contributed by atoms with Crippen molar-refractivity contribution >= 4 is 5.91 Å². The molecule has 1 amide bonds. The molecule has 0 aromatic heterocycles. The predicted molar refractivity (Wildman–Crippen MR) is 85.1 cm³/mol. The molecule has 0 radical (unpaired) electrons. The van der Waals surface area contributed by atoms with E-state index in [4.69, 9.17) is 0 Å². The van der Waals surface area contributed by atoms with E-state index in [1.807, 2.05) is 0 Å². The van der Waals surface area contributed by atoms with Gasteiger partial charge in [0.15, 0.2) is 0 Å². The number of carbonyl (C=O) groups is 1. The molecule has 1 saturated carbocycles. The monoisotopic (exact) mass is 300 g/mol. The van der Waals surface area contributed by atoms with Gasteiger partial charge in [-0.15, -0.1) is 0 Å². The van der Waals surface area contributed by atoms with E-state index in [0.717, 1.165) is 49.6 Å². The number of hydrogen-bond donors (Lipinski definition) is 1. The smallest absolute Gasteiger partial charge is 0.254 e. The molecule has 1 N–H and O–H groups in total. The van der Waals surface area contributed by atoms with E-state index in [1.54, 1.807) is 18.2 Å². The van der Waals surface area contributed by atoms with Crippen molar-refractivity contribution in [2.45, 2.75) is 50.6 Å². The largest absolute Gasteiger partial charge is 0.508 e. The van der Waals surface area contributed by atoms with Crippen molar-refractivity contribution in [1.82, 2.24) is 9.80 Å². The zero-order chi connectivity index (χ0) is 15.1. The highest BCUT2D eigenvalue weighted by Crippen LogP contribution is 2.30. The average molecular weight is 300 g/mol. The molecule has 0 bridgehead atoms. The topological polar surface area (TPSA) is 43.8 Å². The Morgan fingerprint density at radius 3 is 2.68 bits per heavy atom. The summed E-state index contributed by atoms with van der Waals surface area (Å²) in [7, 11) is 0. The minimum atomic E-state index is 0.152. The summed E-state index contributed by atoms with van der Waals surface area (Å²) in [5, 5.41) is 9.58. The van der Waals surface area contributed by atoms with Gasteiger partial charge in [0.2, 0.25) is 0 Å². The average Bonchev–Trinajstić information content (AvgIpc) is 3.18. The molecule has 1 aliphatic carbocycles. The third-order valence-corrected chi connectivity index (χ3v) is 5.68. The van der Waals surface area contributed by atoms with Crippen molar-refractivity contribution in [3.8, 4) is 5.75 Å². The number of aromatic hydroxyl groups is 1. The standard InChI is InChI=1S/C18H24N2O2/c21-16-5-6-17-13(11-16)7-10-20(18(17)22)15-8-9-19(12-15)14-3-1-2-4-14/h5-6,11,14-15,21H,1-4,7-10,12H2. The van der Waals surface area contributed by atoms with Crippen molar-refractivity contribution in [3.05, 3.63) is 29.3 Å². The molecule has 4 nitrogen and oxygen atoms in total. The highest BCUT2D eigenvalue weighted by Gasteiger charge is 2.36. The molecule has 22 heavy (non-hydrogen) atoms. The summed E-state index contributed by atoms with van der Waals surface area (Å²) < 4.78 is 0. The second kappa shape index (κ2) is 5.58. The Balaban J connectivity index is 1.48. The number of likely N-dealkylation sites (tertiary alicyclic amines) is 1. The molecule has 0 spiro atoms. The molecule has 4 rings (SSSR count). The summed E-state index contributed by atoms with van der Waals surface area (Å²) in [6.45, 7) is 2.98. The third-order valence-electron chi connectivity index (χ3n) is 5.68. The van der Waals surface area contributed by atoms with E-state index in [1.165, 1.54) is 25.7 Å². The second-order valence-corrected chi connectivity index (χ2v) is 6.97. The number of hydrogen-bond acceptors (Lipinski definition) is 3. The lowest BCUT2D eigenvalue weighted by Crippen LogP contribution is -2.46. The molecule has 4 heteroatoms. The number of benzene rings is 1. The molecular weight excluding hydrogens is 276 g/mol. The number of amides is 1. The quantitative estimate of drug-likeness (QED) is 0.912. The van der Waals surface area contributed by atoms with Crippen LogP contribution in [-0.4, -0.2) is 52.5 Å². The summed E-state index contributed by atoms with van der Waals surface area (Å²) in [5.41, 5.74) is 1.77. The zero-order valence-electron chi connectivity index (χ0n) is 13.0. The molecule has 2 heterocycles. The van der Waals surface area contributed by atoms with Gasteiger partial charge in [-0.3, -0.25) is 9.69 Å². The van der Waals surface area contributed by atoms with Gasteiger partial charge in [-0.25, -0.2) is 0 Å². The molecular formula is C18H24N2O2. The van der Waals surface area contributed by atoms with E-state index >= 15 is 0 Å². The van der Waals surface area contributed by atoms with E-state index < -0.39 is 0 Å². The number of phenolic OH excluding ortho intramolecular Hbond substituents is 1. The van der Waals surface area contributed by atoms with Crippen LogP contribution in [0.5, 0.6) is 5.75 Å². The van der Waals surface area contributed by atoms with Crippen LogP contribution in [0.25, 0.3) is 0 Å². The van der Waals surface area contributed by atoms with Crippen LogP contribution in [0, 0.1) is 0 Å². The molecule has 2 aliphatic heterocycles. The zero-order valence-corrected chi connectivity index (χ0v) is 13.0. The van der Waals surface area contributed by atoms with Gasteiger partial charge >= 0.3 is 0 Å². The highest BCUT2D eigenvalue weighted by atomic mass is 16.3. The van der Waals surface area contributed by atoms with Gasteiger partial charge in [0, 0.05) is 37.3 Å². The minimum absolute atomic E-state index is 0.152. The van der Waals surface area contributed by atoms with Crippen LogP contribution >= 0.6 is 0 Å². The molecule has 1 atom stereocenters. The Labute approximate surface area is 131 Å². The van der Waals surface area contributed by atoms with Gasteiger partial charge in [-0.05, 0) is 49.4 Å². The van der Waals surface area contributed by atoms with Gasteiger partial charge in [0.05, 0.1) is 0 Å². The Morgan fingerprint density at radius 1 is 1.05 bits per heavy atom. The van der Waals surface area contributed by atoms with Crippen LogP contribution in [0.1, 0.15) is 48.0 Å². The Bertz CT molecular complexity index is 580. The van der Waals surface area contributed by atoms with Crippen LogP contribution in [0.15, 0.2) is 18.2 Å². The van der Waals surface area contributed by atoms with Crippen molar-refractivity contribution in [1.29, 1.82) is 0 Å². The van der Waals surface area contributed by atoms with E-state index in [-0.39, 0.29) is 11.7 Å². The number of fused-ring (bicyclic) bond motifs is 1. The molecule has 1 aromatic carbocycles. The number of nitrogens with zero attached hydrogens (tertiary/aromatic N) is 2. The molecule has 1 saturated heterocycles. The summed E-state index contributed by atoms with van der Waals surface area (Å²) in [6, 6.07) is 6.27. The van der Waals surface area contributed by atoms with Gasteiger partial charge in [0.25, 0.3) is 5.91 Å². The number of carbonyl (C=O) groups excluding carboxylic acids is 1. The van der Waals surface area contributed by atoms with Crippen LogP contribution in [-0.2, 0) is 6.42 Å². The van der Waals surface area contributed by atoms with Crippen molar-refractivity contribution < 1.29 is 9.90 Å². The molecule has 118 valence electrons. The highest BCUT2D eigenvalue weighted by molar-refractivity contribution is 5.97. The summed E-state index contributed by atoms with van der Waals surface area (Å²) in [6.07, 6.45) is 7.37. The Hall–Kier alpha value is -1.55. The maximum absolute atomic E-state index is 12.8. The summed E-state index contributed by atoms with van der Waals surface area (Å²) in [4.78, 5) is 17.5. The fraction of sp³-hybridized carbons (Fsp3) is 0.611. The van der Waals surface area contributed by atoms with E-state index in [2.05, 4.69) is 9.80 Å². The lowest BCUT2D eigenvalue weighted by molar-refractivity contribution is 0.0658. The summed E-state index contributed by atoms with van der Waals surface area (Å²) >= 11 is 0. The lowest BCUT2D eigenvalue weighted by Gasteiger charge is -2.34. The minimum Gasteiger partial charge on any atom is -0.508 e. The van der Waals surface area contributed by atoms with Gasteiger partial charge < -0.3 is 10.0 Å². The van der Waals surface area contributed by atoms with Crippen LogP contribution in [0.3, 0.4) is 0 Å². The van der Waals surface area contributed by atoms with Crippen LogP contribution < -0.4 is 0 Å². The van der Waals surface area contributed by atoms with Gasteiger partial charge in [-0.2, -0.15) is 0 Å². The fourth-order valence-corrected chi connectivity index (χ4v) is 4.46. The molecule has 3 aliphatic rings. The van der Waals surface area contributed by atoms with Gasteiger partial charge in [0.1, 0.15) is 5.75 Å². The molecule has 1 unspecified atom stereocenters. The second-order valence-electron chi connectivity index (χ2n) is 6.97. The Kier molecular flexibility index (Phi) is 3.57. The number of rotatable bonds is 2. The predicted octanol–water partition coefficient (Wildman–Crippen LogP) is 2.41. The lowest BCUT2D eigenvalue weighted by atomic mass is 9.97. The van der Waals surface area contributed by atoms with E-state index in [0.29, 0.717) is 6.04 Å². The van der Waals surface area contributed by atoms with Gasteiger partial charge in [-0.1, -0.05) is 12.8 Å². The maximum atomic E-state index is 12.8. The molecule has 2 fully saturated rings. The first-order valence-corrected chi connectivity index (χ1v) is 8.59. The normalized spacial score (nSPS) is 26.6. The van der Waals surface area contributed by atoms with Crippen molar-refractivity contribution in [2.75, 3.05) is 19.6 Å². The van der Waals surface area contributed by atoms with Crippen LogP contribution in [0.4, 0.5) is 0 Å². The number of phenols is 1. The van der Waals surface area contributed by atoms with Crippen LogP contribution in [0.2, 0.25) is 0 Å². The van der Waals surface area contributed by atoms with Crippen molar-refractivity contribution in [3.63, 3.8) is 0 Å². The maximum Gasteiger partial charge on any atom is 0.254 e. The third kappa shape index (κ3) is 2.39. The Morgan fingerprint density at radius 2 is 1.86 bits per heavy atom.